The minimum Gasteiger partial charge on any atom is -0.304 e. The Labute approximate surface area is 65.1 Å². The monoisotopic (exact) mass is 150 g/mol. The van der Waals surface area contributed by atoms with E-state index >= 15 is 0 Å². The molecule has 2 N–H and O–H groups in total. The minimum atomic E-state index is -0.326. The summed E-state index contributed by atoms with van der Waals surface area (Å²) in [4.78, 5) is 11.0. The van der Waals surface area contributed by atoms with Gasteiger partial charge in [0.05, 0.1) is 5.71 Å². The highest BCUT2D eigenvalue weighted by atomic mass is 16.1. The number of carbonyl (C=O) groups is 1. The molecule has 1 unspecified atom stereocenters. The second kappa shape index (κ2) is 2.42. The van der Waals surface area contributed by atoms with Crippen LogP contribution < -0.4 is 0 Å². The van der Waals surface area contributed by atoms with Gasteiger partial charge in [-0.1, -0.05) is 6.92 Å². The molecule has 0 aliphatic heterocycles. The fraction of sp³-hybridized carbons (Fsp3) is 0.375. The molecule has 1 rings (SSSR count). The fourth-order valence-corrected chi connectivity index (χ4v) is 1.05. The number of carbonyl (C=O) groups excluding carboxylic acids is 1. The topological polar surface area (TPSA) is 64.8 Å². The summed E-state index contributed by atoms with van der Waals surface area (Å²) in [6.07, 6.45) is 1.35. The van der Waals surface area contributed by atoms with E-state index < -0.39 is 0 Å². The van der Waals surface area contributed by atoms with Crippen molar-refractivity contribution in [2.24, 2.45) is 5.92 Å². The highest BCUT2D eigenvalue weighted by Crippen LogP contribution is 2.14. The van der Waals surface area contributed by atoms with Crippen LogP contribution in [0.2, 0.25) is 0 Å². The molecule has 11 heavy (non-hydrogen) atoms. The lowest BCUT2D eigenvalue weighted by molar-refractivity contribution is -0.109. The van der Waals surface area contributed by atoms with Crippen molar-refractivity contribution in [2.45, 2.75) is 13.8 Å². The lowest BCUT2D eigenvalue weighted by Crippen LogP contribution is -2.31. The summed E-state index contributed by atoms with van der Waals surface area (Å²) in [7, 11) is 0. The van der Waals surface area contributed by atoms with Crippen molar-refractivity contribution < 1.29 is 4.79 Å². The maximum Gasteiger partial charge on any atom is 0.200 e. The highest BCUT2D eigenvalue weighted by molar-refractivity contribution is 6.50. The Kier molecular flexibility index (Phi) is 1.72. The third-order valence-corrected chi connectivity index (χ3v) is 1.90. The van der Waals surface area contributed by atoms with E-state index in [1.807, 2.05) is 0 Å². The summed E-state index contributed by atoms with van der Waals surface area (Å²) >= 11 is 0. The van der Waals surface area contributed by atoms with Gasteiger partial charge in [-0.25, -0.2) is 0 Å². The van der Waals surface area contributed by atoms with E-state index in [2.05, 4.69) is 0 Å². The van der Waals surface area contributed by atoms with Gasteiger partial charge in [0, 0.05) is 11.6 Å². The number of allylic oxidation sites excluding steroid dienone is 2. The Morgan fingerprint density at radius 2 is 1.91 bits per heavy atom. The van der Waals surface area contributed by atoms with E-state index in [0.717, 1.165) is 0 Å². The first-order chi connectivity index (χ1) is 5.04. The van der Waals surface area contributed by atoms with Gasteiger partial charge in [-0.05, 0) is 18.6 Å². The van der Waals surface area contributed by atoms with Crippen LogP contribution in [0.1, 0.15) is 13.8 Å². The molecule has 1 atom stereocenters. The van der Waals surface area contributed by atoms with Crippen LogP contribution in [0.4, 0.5) is 0 Å². The van der Waals surface area contributed by atoms with E-state index in [9.17, 15) is 4.79 Å². The average Bonchev–Trinajstić information content (AvgIpc) is 1.97. The molecule has 0 radical (unpaired) electrons. The summed E-state index contributed by atoms with van der Waals surface area (Å²) < 4.78 is 0. The maximum atomic E-state index is 11.0. The molecule has 3 heteroatoms. The van der Waals surface area contributed by atoms with Crippen molar-refractivity contribution in [1.82, 2.24) is 0 Å². The highest BCUT2D eigenvalue weighted by Gasteiger charge is 2.25. The lowest BCUT2D eigenvalue weighted by Gasteiger charge is -2.17. The molecule has 0 aromatic carbocycles. The van der Waals surface area contributed by atoms with Crippen molar-refractivity contribution in [1.29, 1.82) is 10.8 Å². The SMILES string of the molecule is CC1=CC(=O)C(=N)C(C)C1=N. The summed E-state index contributed by atoms with van der Waals surface area (Å²) in [5.74, 6) is -0.585. The van der Waals surface area contributed by atoms with Gasteiger partial charge < -0.3 is 10.8 Å². The number of hydrogen-bond acceptors (Lipinski definition) is 3. The Morgan fingerprint density at radius 1 is 1.36 bits per heavy atom. The van der Waals surface area contributed by atoms with Gasteiger partial charge in [0.2, 0.25) is 0 Å². The van der Waals surface area contributed by atoms with E-state index in [-0.39, 0.29) is 17.4 Å². The van der Waals surface area contributed by atoms with Gasteiger partial charge in [0.1, 0.15) is 0 Å². The molecule has 0 heterocycles. The second-order valence-electron chi connectivity index (χ2n) is 2.74. The predicted molar refractivity (Wildman–Crippen MR) is 43.4 cm³/mol. The third-order valence-electron chi connectivity index (χ3n) is 1.90. The average molecular weight is 150 g/mol. The molecule has 3 nitrogen and oxygen atoms in total. The first-order valence-corrected chi connectivity index (χ1v) is 3.44. The summed E-state index contributed by atoms with van der Waals surface area (Å²) in [5, 5.41) is 14.7. The Morgan fingerprint density at radius 3 is 2.45 bits per heavy atom. The van der Waals surface area contributed by atoms with Crippen molar-refractivity contribution in [2.75, 3.05) is 0 Å². The van der Waals surface area contributed by atoms with Crippen LogP contribution in [0.15, 0.2) is 11.6 Å². The van der Waals surface area contributed by atoms with Crippen LogP contribution in [0.5, 0.6) is 0 Å². The summed E-state index contributed by atoms with van der Waals surface area (Å²) in [6.45, 7) is 3.43. The van der Waals surface area contributed by atoms with E-state index in [4.69, 9.17) is 10.8 Å². The molecular formula is C8H10N2O. The van der Waals surface area contributed by atoms with Crippen molar-refractivity contribution in [3.05, 3.63) is 11.6 Å². The van der Waals surface area contributed by atoms with Gasteiger partial charge in [-0.3, -0.25) is 4.79 Å². The van der Waals surface area contributed by atoms with Crippen LogP contribution >= 0.6 is 0 Å². The molecule has 0 saturated carbocycles. The van der Waals surface area contributed by atoms with Crippen LogP contribution in [-0.4, -0.2) is 17.2 Å². The molecule has 0 aromatic rings. The first kappa shape index (κ1) is 7.85. The number of hydrogen-bond donors (Lipinski definition) is 2. The smallest absolute Gasteiger partial charge is 0.200 e. The summed E-state index contributed by atoms with van der Waals surface area (Å²) in [6, 6.07) is 0. The Balaban J connectivity index is 3.11. The van der Waals surface area contributed by atoms with Gasteiger partial charge in [0.25, 0.3) is 0 Å². The fourth-order valence-electron chi connectivity index (χ4n) is 1.05. The van der Waals surface area contributed by atoms with Crippen molar-refractivity contribution >= 4 is 17.2 Å². The zero-order valence-electron chi connectivity index (χ0n) is 6.56. The third kappa shape index (κ3) is 1.13. The van der Waals surface area contributed by atoms with Gasteiger partial charge in [-0.15, -0.1) is 0 Å². The first-order valence-electron chi connectivity index (χ1n) is 3.44. The van der Waals surface area contributed by atoms with Crippen LogP contribution in [-0.2, 0) is 4.79 Å². The molecular weight excluding hydrogens is 140 g/mol. The molecule has 0 bridgehead atoms. The zero-order chi connectivity index (χ0) is 8.59. The molecule has 1 aliphatic rings. The van der Waals surface area contributed by atoms with Crippen LogP contribution in [0, 0.1) is 16.7 Å². The summed E-state index contributed by atoms with van der Waals surface area (Å²) in [5.41, 5.74) is 1.09. The van der Waals surface area contributed by atoms with Gasteiger partial charge in [0.15, 0.2) is 5.78 Å². The van der Waals surface area contributed by atoms with Gasteiger partial charge in [-0.2, -0.15) is 0 Å². The molecule has 0 spiro atoms. The second-order valence-corrected chi connectivity index (χ2v) is 2.74. The Bertz CT molecular complexity index is 276. The minimum absolute atomic E-state index is 0.0283. The van der Waals surface area contributed by atoms with Crippen LogP contribution in [0.3, 0.4) is 0 Å². The molecule has 0 amide bonds. The van der Waals surface area contributed by atoms with E-state index in [0.29, 0.717) is 11.3 Å². The molecule has 58 valence electrons. The van der Waals surface area contributed by atoms with Gasteiger partial charge >= 0.3 is 0 Å². The van der Waals surface area contributed by atoms with E-state index in [1.54, 1.807) is 13.8 Å². The molecule has 0 saturated heterocycles. The molecule has 1 aliphatic carbocycles. The lowest BCUT2D eigenvalue weighted by atomic mass is 9.86. The van der Waals surface area contributed by atoms with E-state index in [1.165, 1.54) is 6.08 Å². The quantitative estimate of drug-likeness (QED) is 0.535. The maximum absolute atomic E-state index is 11.0. The van der Waals surface area contributed by atoms with Crippen molar-refractivity contribution in [3.8, 4) is 0 Å². The zero-order valence-corrected chi connectivity index (χ0v) is 6.56. The standard InChI is InChI=1S/C8H10N2O/c1-4-3-6(11)8(10)5(2)7(4)9/h3,5,9-10H,1-2H3. The number of nitrogens with one attached hydrogen (secondary N) is 2. The Hall–Kier alpha value is -1.25. The molecule has 0 aromatic heterocycles. The predicted octanol–water partition coefficient (Wildman–Crippen LogP) is 1.19. The number of rotatable bonds is 0. The number of ketones is 1. The van der Waals surface area contributed by atoms with Crippen LogP contribution in [0.25, 0.3) is 0 Å². The molecule has 0 fully saturated rings. The van der Waals surface area contributed by atoms with Crippen molar-refractivity contribution in [3.63, 3.8) is 0 Å². The normalized spacial score (nSPS) is 25.5. The largest absolute Gasteiger partial charge is 0.304 e.